The van der Waals surface area contributed by atoms with Gasteiger partial charge in [0.1, 0.15) is 5.52 Å². The van der Waals surface area contributed by atoms with Crippen molar-refractivity contribution in [1.82, 2.24) is 4.98 Å². The molecule has 0 saturated carbocycles. The SMILES string of the molecule is COCc1cc(Cl)c2c(F)c(F)cc(F)c2n1. The van der Waals surface area contributed by atoms with E-state index < -0.39 is 17.5 Å². The minimum Gasteiger partial charge on any atom is -0.378 e. The van der Waals surface area contributed by atoms with Crippen LogP contribution in [0.4, 0.5) is 13.2 Å². The Morgan fingerprint density at radius 3 is 2.59 bits per heavy atom. The third-order valence-electron chi connectivity index (χ3n) is 2.23. The summed E-state index contributed by atoms with van der Waals surface area (Å²) in [5.74, 6) is -3.46. The first kappa shape index (κ1) is 12.1. The number of benzene rings is 1. The number of methoxy groups -OCH3 is 1. The van der Waals surface area contributed by atoms with Crippen LogP contribution in [0.5, 0.6) is 0 Å². The van der Waals surface area contributed by atoms with Crippen LogP contribution in [0.1, 0.15) is 5.69 Å². The molecule has 2 aromatic rings. The molecule has 0 radical (unpaired) electrons. The Hall–Kier alpha value is -1.33. The maximum absolute atomic E-state index is 13.5. The Balaban J connectivity index is 2.81. The number of fused-ring (bicyclic) bond motifs is 1. The number of pyridine rings is 1. The van der Waals surface area contributed by atoms with Gasteiger partial charge in [0.15, 0.2) is 17.5 Å². The van der Waals surface area contributed by atoms with E-state index >= 15 is 0 Å². The molecule has 6 heteroatoms. The van der Waals surface area contributed by atoms with Gasteiger partial charge >= 0.3 is 0 Å². The Kier molecular flexibility index (Phi) is 3.22. The molecule has 2 nitrogen and oxygen atoms in total. The molecule has 0 aliphatic heterocycles. The highest BCUT2D eigenvalue weighted by atomic mass is 35.5. The van der Waals surface area contributed by atoms with Crippen molar-refractivity contribution in [2.75, 3.05) is 7.11 Å². The lowest BCUT2D eigenvalue weighted by Crippen LogP contribution is -1.98. The zero-order chi connectivity index (χ0) is 12.6. The number of ether oxygens (including phenoxy) is 1. The highest BCUT2D eigenvalue weighted by molar-refractivity contribution is 6.35. The van der Waals surface area contributed by atoms with Crippen molar-refractivity contribution >= 4 is 22.5 Å². The van der Waals surface area contributed by atoms with Crippen LogP contribution >= 0.6 is 11.6 Å². The van der Waals surface area contributed by atoms with Crippen molar-refractivity contribution in [1.29, 1.82) is 0 Å². The van der Waals surface area contributed by atoms with E-state index in [0.29, 0.717) is 11.8 Å². The fourth-order valence-corrected chi connectivity index (χ4v) is 1.83. The average Bonchev–Trinajstić information content (AvgIpc) is 2.26. The van der Waals surface area contributed by atoms with Gasteiger partial charge in [-0.25, -0.2) is 18.2 Å². The van der Waals surface area contributed by atoms with E-state index in [1.54, 1.807) is 0 Å². The van der Waals surface area contributed by atoms with Crippen molar-refractivity contribution in [3.63, 3.8) is 0 Å². The van der Waals surface area contributed by atoms with Crippen LogP contribution in [-0.2, 0) is 11.3 Å². The van der Waals surface area contributed by atoms with Crippen LogP contribution in [0.2, 0.25) is 5.02 Å². The highest BCUT2D eigenvalue weighted by Gasteiger charge is 2.17. The lowest BCUT2D eigenvalue weighted by molar-refractivity contribution is 0.182. The standard InChI is InChI=1S/C11H7ClF3NO/c1-17-4-5-2-6(12)9-10(15)7(13)3-8(14)11(9)16-5/h2-3H,4H2,1H3. The first-order valence-corrected chi connectivity index (χ1v) is 5.04. The molecule has 0 fully saturated rings. The normalized spacial score (nSPS) is 11.1. The summed E-state index contributed by atoms with van der Waals surface area (Å²) in [6.45, 7) is 0.105. The number of hydrogen-bond donors (Lipinski definition) is 0. The molecule has 0 spiro atoms. The smallest absolute Gasteiger partial charge is 0.169 e. The van der Waals surface area contributed by atoms with Gasteiger partial charge in [0, 0.05) is 13.2 Å². The Morgan fingerprint density at radius 1 is 1.24 bits per heavy atom. The predicted octanol–water partition coefficient (Wildman–Crippen LogP) is 3.45. The van der Waals surface area contributed by atoms with E-state index in [2.05, 4.69) is 4.98 Å². The largest absolute Gasteiger partial charge is 0.378 e. The minimum atomic E-state index is -1.29. The van der Waals surface area contributed by atoms with Gasteiger partial charge in [-0.2, -0.15) is 0 Å². The molecule has 0 bridgehead atoms. The zero-order valence-electron chi connectivity index (χ0n) is 8.73. The second-order valence-electron chi connectivity index (χ2n) is 3.41. The van der Waals surface area contributed by atoms with Gasteiger partial charge in [-0.1, -0.05) is 11.6 Å². The van der Waals surface area contributed by atoms with Crippen LogP contribution in [0.15, 0.2) is 12.1 Å². The van der Waals surface area contributed by atoms with E-state index in [-0.39, 0.29) is 22.5 Å². The molecule has 1 aromatic heterocycles. The van der Waals surface area contributed by atoms with Gasteiger partial charge in [0.05, 0.1) is 22.7 Å². The van der Waals surface area contributed by atoms with Gasteiger partial charge in [-0.05, 0) is 6.07 Å². The summed E-state index contributed by atoms with van der Waals surface area (Å²) in [6.07, 6.45) is 0. The van der Waals surface area contributed by atoms with Gasteiger partial charge in [-0.3, -0.25) is 0 Å². The first-order valence-electron chi connectivity index (χ1n) is 4.66. The quantitative estimate of drug-likeness (QED) is 0.773. The minimum absolute atomic E-state index is 0.0991. The van der Waals surface area contributed by atoms with Crippen LogP contribution in [0.3, 0.4) is 0 Å². The molecule has 0 aliphatic carbocycles. The fourth-order valence-electron chi connectivity index (χ4n) is 1.53. The van der Waals surface area contributed by atoms with E-state index in [4.69, 9.17) is 16.3 Å². The van der Waals surface area contributed by atoms with Gasteiger partial charge in [0.2, 0.25) is 0 Å². The van der Waals surface area contributed by atoms with E-state index in [0.717, 1.165) is 0 Å². The second-order valence-corrected chi connectivity index (χ2v) is 3.81. The van der Waals surface area contributed by atoms with Crippen molar-refractivity contribution < 1.29 is 17.9 Å². The first-order chi connectivity index (χ1) is 8.04. The molecule has 0 unspecified atom stereocenters. The average molecular weight is 262 g/mol. The molecule has 0 N–H and O–H groups in total. The summed E-state index contributed by atoms with van der Waals surface area (Å²) < 4.78 is 44.7. The molecule has 0 atom stereocenters. The molecule has 1 heterocycles. The topological polar surface area (TPSA) is 22.1 Å². The molecule has 2 rings (SSSR count). The maximum atomic E-state index is 13.5. The van der Waals surface area contributed by atoms with Crippen LogP contribution in [0.25, 0.3) is 10.9 Å². The van der Waals surface area contributed by atoms with Crippen LogP contribution in [-0.4, -0.2) is 12.1 Å². The molecule has 17 heavy (non-hydrogen) atoms. The van der Waals surface area contributed by atoms with Crippen LogP contribution in [0, 0.1) is 17.5 Å². The lowest BCUT2D eigenvalue weighted by atomic mass is 10.1. The second kappa shape index (κ2) is 4.50. The van der Waals surface area contributed by atoms with Crippen LogP contribution < -0.4 is 0 Å². The summed E-state index contributed by atoms with van der Waals surface area (Å²) in [5.41, 5.74) is 0.0401. The summed E-state index contributed by atoms with van der Waals surface area (Å²) in [5, 5.41) is -0.457. The maximum Gasteiger partial charge on any atom is 0.169 e. The molecular weight excluding hydrogens is 255 g/mol. The van der Waals surface area contributed by atoms with Gasteiger partial charge in [-0.15, -0.1) is 0 Å². The third-order valence-corrected chi connectivity index (χ3v) is 2.52. The lowest BCUT2D eigenvalue weighted by Gasteiger charge is -2.07. The summed E-state index contributed by atoms with van der Waals surface area (Å²) >= 11 is 5.78. The number of aromatic nitrogens is 1. The monoisotopic (exact) mass is 261 g/mol. The highest BCUT2D eigenvalue weighted by Crippen LogP contribution is 2.29. The zero-order valence-corrected chi connectivity index (χ0v) is 9.49. The van der Waals surface area contributed by atoms with E-state index in [1.807, 2.05) is 0 Å². The van der Waals surface area contributed by atoms with Crippen molar-refractivity contribution in [3.05, 3.63) is 40.3 Å². The molecule has 90 valence electrons. The molecule has 0 aliphatic rings. The van der Waals surface area contributed by atoms with Gasteiger partial charge in [0.25, 0.3) is 0 Å². The van der Waals surface area contributed by atoms with Crippen molar-refractivity contribution in [2.45, 2.75) is 6.61 Å². The van der Waals surface area contributed by atoms with E-state index in [1.165, 1.54) is 13.2 Å². The summed E-state index contributed by atoms with van der Waals surface area (Å²) in [4.78, 5) is 3.84. The Labute approximate surface area is 100.0 Å². The summed E-state index contributed by atoms with van der Waals surface area (Å²) in [7, 11) is 1.43. The number of rotatable bonds is 2. The van der Waals surface area contributed by atoms with E-state index in [9.17, 15) is 13.2 Å². The Morgan fingerprint density at radius 2 is 1.94 bits per heavy atom. The molecule has 0 amide bonds. The van der Waals surface area contributed by atoms with Crippen molar-refractivity contribution in [2.24, 2.45) is 0 Å². The molecule has 1 aromatic carbocycles. The number of nitrogens with zero attached hydrogens (tertiary/aromatic N) is 1. The Bertz CT molecular complexity index is 589. The molecule has 0 saturated heterocycles. The summed E-state index contributed by atoms with van der Waals surface area (Å²) in [6, 6.07) is 1.76. The number of hydrogen-bond acceptors (Lipinski definition) is 2. The number of halogens is 4. The fraction of sp³-hybridized carbons (Fsp3) is 0.182. The predicted molar refractivity (Wildman–Crippen MR) is 57.3 cm³/mol. The third kappa shape index (κ3) is 2.08. The van der Waals surface area contributed by atoms with Gasteiger partial charge < -0.3 is 4.74 Å². The van der Waals surface area contributed by atoms with Crippen molar-refractivity contribution in [3.8, 4) is 0 Å². The molecular formula is C11H7ClF3NO.